The zero-order valence-corrected chi connectivity index (χ0v) is 9.57. The predicted octanol–water partition coefficient (Wildman–Crippen LogP) is 2.80. The molecule has 0 aliphatic carbocycles. The third-order valence-electron chi connectivity index (χ3n) is 2.45. The van der Waals surface area contributed by atoms with Crippen LogP contribution in [0.15, 0.2) is 37.0 Å². The van der Waals surface area contributed by atoms with Crippen molar-refractivity contribution < 1.29 is 0 Å². The van der Waals surface area contributed by atoms with Gasteiger partial charge in [0.25, 0.3) is 0 Å². The molecule has 0 spiro atoms. The predicted molar refractivity (Wildman–Crippen MR) is 67.4 cm³/mol. The third kappa shape index (κ3) is 1.84. The molecule has 0 fully saturated rings. The fraction of sp³-hybridized carbons (Fsp3) is 0.154. The largest absolute Gasteiger partial charge is 0.399 e. The quantitative estimate of drug-likeness (QED) is 0.779. The van der Waals surface area contributed by atoms with Crippen molar-refractivity contribution in [1.82, 2.24) is 9.78 Å². The highest BCUT2D eigenvalue weighted by Gasteiger charge is 2.06. The first kappa shape index (κ1) is 10.5. The van der Waals surface area contributed by atoms with E-state index in [0.29, 0.717) is 0 Å². The number of nitrogens with two attached hydrogens (primary N) is 1. The molecular formula is C13H15N3. The third-order valence-corrected chi connectivity index (χ3v) is 2.45. The molecule has 0 saturated heterocycles. The first-order valence-electron chi connectivity index (χ1n) is 5.16. The van der Waals surface area contributed by atoms with Gasteiger partial charge in [-0.25, -0.2) is 4.68 Å². The van der Waals surface area contributed by atoms with Gasteiger partial charge in [-0.3, -0.25) is 0 Å². The van der Waals surface area contributed by atoms with Gasteiger partial charge in [0.05, 0.1) is 11.4 Å². The second-order valence-corrected chi connectivity index (χ2v) is 3.96. The molecule has 3 nitrogen and oxygen atoms in total. The summed E-state index contributed by atoms with van der Waals surface area (Å²) in [7, 11) is 0. The van der Waals surface area contributed by atoms with Crippen LogP contribution in [0.3, 0.4) is 0 Å². The lowest BCUT2D eigenvalue weighted by Gasteiger charge is -2.10. The SMILES string of the molecule is C=C(C)c1ccc(N)cc1-n1ccc(C)n1. The van der Waals surface area contributed by atoms with Crippen LogP contribution in [0.2, 0.25) is 0 Å². The molecule has 3 heteroatoms. The summed E-state index contributed by atoms with van der Waals surface area (Å²) in [5.41, 5.74) is 10.6. The molecule has 1 aromatic carbocycles. The van der Waals surface area contributed by atoms with Crippen LogP contribution in [0, 0.1) is 6.92 Å². The summed E-state index contributed by atoms with van der Waals surface area (Å²) in [5, 5.41) is 4.39. The van der Waals surface area contributed by atoms with Gasteiger partial charge in [-0.2, -0.15) is 5.10 Å². The summed E-state index contributed by atoms with van der Waals surface area (Å²) in [6.45, 7) is 7.91. The van der Waals surface area contributed by atoms with Gasteiger partial charge in [0.2, 0.25) is 0 Å². The van der Waals surface area contributed by atoms with Crippen LogP contribution in [0.1, 0.15) is 18.2 Å². The molecule has 2 aromatic rings. The molecule has 0 aliphatic heterocycles. The fourth-order valence-corrected chi connectivity index (χ4v) is 1.65. The minimum absolute atomic E-state index is 0.730. The van der Waals surface area contributed by atoms with Gasteiger partial charge in [0.15, 0.2) is 0 Å². The Labute approximate surface area is 95.2 Å². The van der Waals surface area contributed by atoms with Crippen molar-refractivity contribution in [3.05, 3.63) is 48.3 Å². The molecule has 0 unspecified atom stereocenters. The van der Waals surface area contributed by atoms with Gasteiger partial charge >= 0.3 is 0 Å². The number of aromatic nitrogens is 2. The second-order valence-electron chi connectivity index (χ2n) is 3.96. The summed E-state index contributed by atoms with van der Waals surface area (Å²) in [5.74, 6) is 0. The van der Waals surface area contributed by atoms with E-state index in [-0.39, 0.29) is 0 Å². The first-order chi connectivity index (χ1) is 7.58. The van der Waals surface area contributed by atoms with Crippen LogP contribution >= 0.6 is 0 Å². The molecule has 16 heavy (non-hydrogen) atoms. The minimum Gasteiger partial charge on any atom is -0.399 e. The number of nitrogen functional groups attached to an aromatic ring is 1. The van der Waals surface area contributed by atoms with E-state index in [2.05, 4.69) is 11.7 Å². The molecule has 0 saturated carbocycles. The van der Waals surface area contributed by atoms with E-state index in [4.69, 9.17) is 5.73 Å². The normalized spacial score (nSPS) is 10.4. The maximum absolute atomic E-state index is 5.80. The zero-order valence-electron chi connectivity index (χ0n) is 9.57. The number of benzene rings is 1. The number of nitrogens with zero attached hydrogens (tertiary/aromatic N) is 2. The van der Waals surface area contributed by atoms with E-state index in [9.17, 15) is 0 Å². The Kier molecular flexibility index (Phi) is 2.52. The van der Waals surface area contributed by atoms with Crippen LogP contribution in [-0.2, 0) is 0 Å². The number of hydrogen-bond acceptors (Lipinski definition) is 2. The molecule has 0 bridgehead atoms. The Balaban J connectivity index is 2.62. The van der Waals surface area contributed by atoms with Gasteiger partial charge < -0.3 is 5.73 Å². The Morgan fingerprint density at radius 3 is 2.69 bits per heavy atom. The smallest absolute Gasteiger partial charge is 0.0740 e. The minimum atomic E-state index is 0.730. The molecule has 0 aliphatic rings. The van der Waals surface area contributed by atoms with Gasteiger partial charge in [-0.05, 0) is 37.6 Å². The van der Waals surface area contributed by atoms with Crippen molar-refractivity contribution in [1.29, 1.82) is 0 Å². The average Bonchev–Trinajstić information content (AvgIpc) is 2.64. The summed E-state index contributed by atoms with van der Waals surface area (Å²) < 4.78 is 1.83. The van der Waals surface area contributed by atoms with Crippen molar-refractivity contribution in [2.24, 2.45) is 0 Å². The summed E-state index contributed by atoms with van der Waals surface area (Å²) in [6, 6.07) is 7.73. The van der Waals surface area contributed by atoms with Crippen LogP contribution in [-0.4, -0.2) is 9.78 Å². The zero-order chi connectivity index (χ0) is 11.7. The highest BCUT2D eigenvalue weighted by atomic mass is 15.3. The molecule has 1 heterocycles. The van der Waals surface area contributed by atoms with Crippen LogP contribution in [0.25, 0.3) is 11.3 Å². The Bertz CT molecular complexity index is 538. The lowest BCUT2D eigenvalue weighted by atomic mass is 10.1. The van der Waals surface area contributed by atoms with E-state index >= 15 is 0 Å². The molecule has 2 rings (SSSR count). The van der Waals surface area contributed by atoms with E-state index in [1.165, 1.54) is 0 Å². The molecular weight excluding hydrogens is 198 g/mol. The van der Waals surface area contributed by atoms with E-state index < -0.39 is 0 Å². The lowest BCUT2D eigenvalue weighted by Crippen LogP contribution is -2.00. The van der Waals surface area contributed by atoms with Gasteiger partial charge in [0.1, 0.15) is 0 Å². The standard InChI is InChI=1S/C13H15N3/c1-9(2)12-5-4-11(14)8-13(12)16-7-6-10(3)15-16/h4-8H,1,14H2,2-3H3. The maximum atomic E-state index is 5.80. The molecule has 2 N–H and O–H groups in total. The molecule has 0 radical (unpaired) electrons. The maximum Gasteiger partial charge on any atom is 0.0740 e. The van der Waals surface area contributed by atoms with Crippen molar-refractivity contribution >= 4 is 11.3 Å². The van der Waals surface area contributed by atoms with Gasteiger partial charge in [0, 0.05) is 17.4 Å². The van der Waals surface area contributed by atoms with Crippen molar-refractivity contribution in [2.75, 3.05) is 5.73 Å². The number of anilines is 1. The van der Waals surface area contributed by atoms with Gasteiger partial charge in [-0.15, -0.1) is 0 Å². The lowest BCUT2D eigenvalue weighted by molar-refractivity contribution is 0.860. The highest BCUT2D eigenvalue weighted by molar-refractivity contribution is 5.71. The van der Waals surface area contributed by atoms with E-state index in [1.807, 2.05) is 49.0 Å². The summed E-state index contributed by atoms with van der Waals surface area (Å²) in [6.07, 6.45) is 1.93. The van der Waals surface area contributed by atoms with Crippen LogP contribution < -0.4 is 5.73 Å². The Hall–Kier alpha value is -2.03. The highest BCUT2D eigenvalue weighted by Crippen LogP contribution is 2.23. The molecule has 0 atom stereocenters. The topological polar surface area (TPSA) is 43.8 Å². The van der Waals surface area contributed by atoms with Crippen molar-refractivity contribution in [3.63, 3.8) is 0 Å². The van der Waals surface area contributed by atoms with Crippen LogP contribution in [0.5, 0.6) is 0 Å². The molecule has 0 amide bonds. The van der Waals surface area contributed by atoms with Gasteiger partial charge in [-0.1, -0.05) is 12.6 Å². The van der Waals surface area contributed by atoms with Crippen molar-refractivity contribution in [3.8, 4) is 5.69 Å². The number of allylic oxidation sites excluding steroid dienone is 1. The van der Waals surface area contributed by atoms with Crippen molar-refractivity contribution in [2.45, 2.75) is 13.8 Å². The summed E-state index contributed by atoms with van der Waals surface area (Å²) >= 11 is 0. The monoisotopic (exact) mass is 213 g/mol. The van der Waals surface area contributed by atoms with E-state index in [0.717, 1.165) is 28.2 Å². The Morgan fingerprint density at radius 1 is 1.38 bits per heavy atom. The number of rotatable bonds is 2. The summed E-state index contributed by atoms with van der Waals surface area (Å²) in [4.78, 5) is 0. The first-order valence-corrected chi connectivity index (χ1v) is 5.16. The Morgan fingerprint density at radius 2 is 2.12 bits per heavy atom. The number of aryl methyl sites for hydroxylation is 1. The molecule has 1 aromatic heterocycles. The number of hydrogen-bond donors (Lipinski definition) is 1. The average molecular weight is 213 g/mol. The van der Waals surface area contributed by atoms with Crippen LogP contribution in [0.4, 0.5) is 5.69 Å². The second kappa shape index (κ2) is 3.85. The molecule has 82 valence electrons. The fourth-order valence-electron chi connectivity index (χ4n) is 1.65. The van der Waals surface area contributed by atoms with E-state index in [1.54, 1.807) is 0 Å².